The predicted octanol–water partition coefficient (Wildman–Crippen LogP) is 1.26. The van der Waals surface area contributed by atoms with E-state index in [2.05, 4.69) is 19.9 Å². The largest absolute Gasteiger partial charge is 0.327 e. The molecular weight excluding hydrogens is 218 g/mol. The molecule has 0 aromatic carbocycles. The maximum absolute atomic E-state index is 10.8. The lowest BCUT2D eigenvalue weighted by molar-refractivity contribution is 0.111. The zero-order chi connectivity index (χ0) is 11.8. The molecule has 0 aliphatic rings. The Morgan fingerprint density at radius 1 is 1.41 bits per heavy atom. The van der Waals surface area contributed by atoms with Crippen LogP contribution in [0.5, 0.6) is 0 Å². The Morgan fingerprint density at radius 2 is 2.29 bits per heavy atom. The number of carbonyl (C=O) groups is 1. The lowest BCUT2D eigenvalue weighted by Crippen LogP contribution is -1.94. The van der Waals surface area contributed by atoms with Gasteiger partial charge in [0.25, 0.3) is 0 Å². The molecule has 3 aromatic heterocycles. The van der Waals surface area contributed by atoms with Gasteiger partial charge in [0.15, 0.2) is 11.9 Å². The minimum atomic E-state index is 0.408. The van der Waals surface area contributed by atoms with Crippen LogP contribution in [0.4, 0.5) is 0 Å². The Kier molecular flexibility index (Phi) is 2.01. The van der Waals surface area contributed by atoms with Gasteiger partial charge in [0, 0.05) is 11.9 Å². The molecule has 0 atom stereocenters. The highest BCUT2D eigenvalue weighted by molar-refractivity contribution is 5.75. The smallest absolute Gasteiger partial charge is 0.213 e. The highest BCUT2D eigenvalue weighted by Gasteiger charge is 2.10. The van der Waals surface area contributed by atoms with E-state index < -0.39 is 0 Å². The lowest BCUT2D eigenvalue weighted by Gasteiger charge is -1.97. The molecule has 0 fully saturated rings. The van der Waals surface area contributed by atoms with Crippen LogP contribution >= 0.6 is 0 Å². The van der Waals surface area contributed by atoms with Crippen LogP contribution in [0.15, 0.2) is 24.7 Å². The van der Waals surface area contributed by atoms with Crippen molar-refractivity contribution in [1.82, 2.24) is 24.5 Å². The third-order valence-corrected chi connectivity index (χ3v) is 2.57. The van der Waals surface area contributed by atoms with Crippen LogP contribution in [-0.4, -0.2) is 30.8 Å². The van der Waals surface area contributed by atoms with Crippen LogP contribution in [-0.2, 0) is 0 Å². The summed E-state index contributed by atoms with van der Waals surface area (Å²) < 4.78 is 1.77. The van der Waals surface area contributed by atoms with Gasteiger partial charge in [0.05, 0.1) is 5.52 Å². The number of hydrogen-bond donors (Lipinski definition) is 1. The van der Waals surface area contributed by atoms with E-state index in [9.17, 15) is 4.79 Å². The Balaban J connectivity index is 2.23. The number of nitrogens with one attached hydrogen (secondary N) is 1. The van der Waals surface area contributed by atoms with Gasteiger partial charge in [-0.05, 0) is 19.1 Å². The quantitative estimate of drug-likeness (QED) is 0.669. The number of fused-ring (bicyclic) bond motifs is 1. The number of imidazole rings is 2. The first-order valence-electron chi connectivity index (χ1n) is 5.10. The maximum atomic E-state index is 10.8. The normalized spacial score (nSPS) is 10.9. The van der Waals surface area contributed by atoms with E-state index in [4.69, 9.17) is 0 Å². The highest BCUT2D eigenvalue weighted by atomic mass is 16.1. The van der Waals surface area contributed by atoms with E-state index >= 15 is 0 Å². The Hall–Kier alpha value is -2.50. The molecule has 0 amide bonds. The summed E-state index contributed by atoms with van der Waals surface area (Å²) in [4.78, 5) is 26.3. The van der Waals surface area contributed by atoms with Gasteiger partial charge in [-0.1, -0.05) is 0 Å². The summed E-state index contributed by atoms with van der Waals surface area (Å²) in [5.74, 6) is 0.570. The average Bonchev–Trinajstić information content (AvgIpc) is 2.92. The van der Waals surface area contributed by atoms with Crippen LogP contribution in [0.1, 0.15) is 16.2 Å². The van der Waals surface area contributed by atoms with Crippen molar-refractivity contribution < 1.29 is 4.79 Å². The first-order chi connectivity index (χ1) is 8.29. The van der Waals surface area contributed by atoms with E-state index in [0.717, 1.165) is 17.5 Å². The van der Waals surface area contributed by atoms with Crippen molar-refractivity contribution in [3.05, 3.63) is 36.0 Å². The number of aromatic amines is 1. The molecule has 0 bridgehead atoms. The van der Waals surface area contributed by atoms with E-state index in [1.807, 2.05) is 12.1 Å². The van der Waals surface area contributed by atoms with Crippen LogP contribution in [0, 0.1) is 6.92 Å². The number of nitrogens with zero attached hydrogens (tertiary/aromatic N) is 4. The first-order valence-corrected chi connectivity index (χ1v) is 5.10. The summed E-state index contributed by atoms with van der Waals surface area (Å²) in [6.07, 6.45) is 4.04. The molecule has 0 aliphatic carbocycles. The predicted molar refractivity (Wildman–Crippen MR) is 61.1 cm³/mol. The van der Waals surface area contributed by atoms with Crippen molar-refractivity contribution >= 4 is 17.5 Å². The van der Waals surface area contributed by atoms with Crippen molar-refractivity contribution in [2.45, 2.75) is 6.92 Å². The Bertz CT molecular complexity index is 697. The lowest BCUT2D eigenvalue weighted by atomic mass is 10.4. The molecule has 0 saturated heterocycles. The third-order valence-electron chi connectivity index (χ3n) is 2.57. The molecule has 6 heteroatoms. The van der Waals surface area contributed by atoms with E-state index in [0.29, 0.717) is 17.3 Å². The van der Waals surface area contributed by atoms with Crippen LogP contribution in [0.2, 0.25) is 0 Å². The van der Waals surface area contributed by atoms with Crippen molar-refractivity contribution in [3.63, 3.8) is 0 Å². The Morgan fingerprint density at radius 3 is 3.06 bits per heavy atom. The molecular formula is C11H9N5O. The summed E-state index contributed by atoms with van der Waals surface area (Å²) in [5.41, 5.74) is 2.64. The van der Waals surface area contributed by atoms with E-state index in [1.165, 1.54) is 0 Å². The molecule has 17 heavy (non-hydrogen) atoms. The number of rotatable bonds is 2. The number of aryl methyl sites for hydroxylation is 1. The third kappa shape index (κ3) is 1.42. The summed E-state index contributed by atoms with van der Waals surface area (Å²) >= 11 is 0. The summed E-state index contributed by atoms with van der Waals surface area (Å²) in [5, 5.41) is 0. The molecule has 0 aliphatic heterocycles. The standard InChI is InChI=1S/C11H9N5O/c1-7-8(5-17)15-11(14-7)16-6-13-10-9(16)3-2-4-12-10/h2-6H,1H3,(H,14,15). The molecule has 0 spiro atoms. The van der Waals surface area contributed by atoms with Crippen molar-refractivity contribution in [2.75, 3.05) is 0 Å². The molecule has 0 radical (unpaired) electrons. The van der Waals surface area contributed by atoms with Gasteiger partial charge in [0.2, 0.25) is 5.95 Å². The molecule has 0 unspecified atom stereocenters. The zero-order valence-corrected chi connectivity index (χ0v) is 9.08. The van der Waals surface area contributed by atoms with Crippen molar-refractivity contribution in [2.24, 2.45) is 0 Å². The van der Waals surface area contributed by atoms with Crippen LogP contribution in [0.25, 0.3) is 17.1 Å². The zero-order valence-electron chi connectivity index (χ0n) is 9.08. The van der Waals surface area contributed by atoms with Gasteiger partial charge >= 0.3 is 0 Å². The second-order valence-corrected chi connectivity index (χ2v) is 3.65. The summed E-state index contributed by atoms with van der Waals surface area (Å²) in [7, 11) is 0. The SMILES string of the molecule is Cc1[nH]c(-n2cnc3ncccc32)nc1C=O. The van der Waals surface area contributed by atoms with Gasteiger partial charge in [0.1, 0.15) is 12.0 Å². The molecule has 6 nitrogen and oxygen atoms in total. The van der Waals surface area contributed by atoms with Crippen LogP contribution in [0.3, 0.4) is 0 Å². The van der Waals surface area contributed by atoms with Gasteiger partial charge in [-0.3, -0.25) is 9.36 Å². The first kappa shape index (κ1) is 9.71. The molecule has 84 valence electrons. The summed E-state index contributed by atoms with van der Waals surface area (Å²) in [6, 6.07) is 3.73. The van der Waals surface area contributed by atoms with Gasteiger partial charge in [-0.25, -0.2) is 15.0 Å². The van der Waals surface area contributed by atoms with Gasteiger partial charge in [-0.15, -0.1) is 0 Å². The molecule has 0 saturated carbocycles. The van der Waals surface area contributed by atoms with Crippen molar-refractivity contribution in [3.8, 4) is 5.95 Å². The Labute approximate surface area is 96.3 Å². The molecule has 3 rings (SSSR count). The summed E-state index contributed by atoms with van der Waals surface area (Å²) in [6.45, 7) is 1.80. The number of hydrogen-bond acceptors (Lipinski definition) is 4. The minimum Gasteiger partial charge on any atom is -0.327 e. The number of H-pyrrole nitrogens is 1. The number of aldehydes is 1. The van der Waals surface area contributed by atoms with E-state index in [-0.39, 0.29) is 0 Å². The monoisotopic (exact) mass is 227 g/mol. The minimum absolute atomic E-state index is 0.408. The fraction of sp³-hybridized carbons (Fsp3) is 0.0909. The average molecular weight is 227 g/mol. The topological polar surface area (TPSA) is 76.5 Å². The van der Waals surface area contributed by atoms with E-state index in [1.54, 1.807) is 24.0 Å². The fourth-order valence-corrected chi connectivity index (χ4v) is 1.71. The molecule has 3 aromatic rings. The second kappa shape index (κ2) is 3.51. The van der Waals surface area contributed by atoms with Crippen molar-refractivity contribution in [1.29, 1.82) is 0 Å². The fourth-order valence-electron chi connectivity index (χ4n) is 1.71. The maximum Gasteiger partial charge on any atom is 0.213 e. The van der Waals surface area contributed by atoms with Gasteiger partial charge in [-0.2, -0.15) is 0 Å². The number of carbonyl (C=O) groups excluding carboxylic acids is 1. The number of aromatic nitrogens is 5. The molecule has 3 heterocycles. The second-order valence-electron chi connectivity index (χ2n) is 3.65. The van der Waals surface area contributed by atoms with Gasteiger partial charge < -0.3 is 4.98 Å². The van der Waals surface area contributed by atoms with Crippen LogP contribution < -0.4 is 0 Å². The molecule has 1 N–H and O–H groups in total. The highest BCUT2D eigenvalue weighted by Crippen LogP contribution is 2.14. The number of pyridine rings is 1.